The molecule has 1 saturated heterocycles. The molecule has 20 heavy (non-hydrogen) atoms. The Bertz CT molecular complexity index is 452. The van der Waals surface area contributed by atoms with Crippen LogP contribution in [0.5, 0.6) is 0 Å². The normalized spacial score (nSPS) is 23.6. The summed E-state index contributed by atoms with van der Waals surface area (Å²) in [6.07, 6.45) is 3.74. The van der Waals surface area contributed by atoms with E-state index in [1.54, 1.807) is 0 Å². The van der Waals surface area contributed by atoms with Crippen LogP contribution in [0.25, 0.3) is 0 Å². The first-order chi connectivity index (χ1) is 9.55. The maximum atomic E-state index is 12.5. The topological polar surface area (TPSA) is 41.1 Å². The van der Waals surface area contributed by atoms with Crippen LogP contribution in [0.2, 0.25) is 0 Å². The van der Waals surface area contributed by atoms with Crippen molar-refractivity contribution in [2.45, 2.75) is 51.1 Å². The summed E-state index contributed by atoms with van der Waals surface area (Å²) in [5.74, 6) is 0.155. The number of rotatable bonds is 5. The van der Waals surface area contributed by atoms with Gasteiger partial charge in [-0.15, -0.1) is 0 Å². The molecule has 1 amide bonds. The summed E-state index contributed by atoms with van der Waals surface area (Å²) in [5, 5.41) is 6.54. The Morgan fingerprint density at radius 2 is 2.15 bits per heavy atom. The molecule has 110 valence electrons. The number of hydrogen-bond acceptors (Lipinski definition) is 2. The molecule has 0 radical (unpaired) electrons. The highest BCUT2D eigenvalue weighted by atomic mass is 79.9. The summed E-state index contributed by atoms with van der Waals surface area (Å²) in [6, 6.07) is 8.41. The third-order valence-electron chi connectivity index (χ3n) is 4.11. The average molecular weight is 339 g/mol. The molecule has 0 bridgehead atoms. The van der Waals surface area contributed by atoms with Crippen LogP contribution >= 0.6 is 15.9 Å². The van der Waals surface area contributed by atoms with Gasteiger partial charge in [0.1, 0.15) is 0 Å². The molecule has 0 saturated carbocycles. The third kappa shape index (κ3) is 3.61. The molecule has 2 rings (SSSR count). The molecule has 1 heterocycles. The van der Waals surface area contributed by atoms with Crippen molar-refractivity contribution in [2.24, 2.45) is 0 Å². The second kappa shape index (κ2) is 6.72. The SMILES string of the molecule is CCC1(C(=O)NC(C)Cc2ccc(Br)cc2)CCCN1. The minimum absolute atomic E-state index is 0.148. The second-order valence-electron chi connectivity index (χ2n) is 5.67. The van der Waals surface area contributed by atoms with Gasteiger partial charge in [-0.1, -0.05) is 35.0 Å². The van der Waals surface area contributed by atoms with Crippen LogP contribution in [0, 0.1) is 0 Å². The molecule has 4 heteroatoms. The molecular formula is C16H23BrN2O. The Hall–Kier alpha value is -0.870. The second-order valence-corrected chi connectivity index (χ2v) is 6.59. The van der Waals surface area contributed by atoms with Gasteiger partial charge in [-0.05, 0) is 56.8 Å². The van der Waals surface area contributed by atoms with E-state index < -0.39 is 0 Å². The molecule has 2 unspecified atom stereocenters. The maximum absolute atomic E-state index is 12.5. The van der Waals surface area contributed by atoms with E-state index in [-0.39, 0.29) is 17.5 Å². The standard InChI is InChI=1S/C16H23BrN2O/c1-3-16(9-4-10-18-16)15(20)19-12(2)11-13-5-7-14(17)8-6-13/h5-8,12,18H,3-4,9-11H2,1-2H3,(H,19,20). The molecule has 3 nitrogen and oxygen atoms in total. The molecular weight excluding hydrogens is 316 g/mol. The molecule has 2 atom stereocenters. The van der Waals surface area contributed by atoms with Crippen LogP contribution in [0.4, 0.5) is 0 Å². The Kier molecular flexibility index (Phi) is 5.22. The average Bonchev–Trinajstić information content (AvgIpc) is 2.91. The van der Waals surface area contributed by atoms with Gasteiger partial charge in [-0.2, -0.15) is 0 Å². The Morgan fingerprint density at radius 3 is 2.70 bits per heavy atom. The summed E-state index contributed by atoms with van der Waals surface area (Å²) in [4.78, 5) is 12.5. The summed E-state index contributed by atoms with van der Waals surface area (Å²) >= 11 is 3.44. The Labute approximate surface area is 129 Å². The number of halogens is 1. The lowest BCUT2D eigenvalue weighted by Crippen LogP contribution is -2.55. The molecule has 0 aromatic heterocycles. The van der Waals surface area contributed by atoms with Crippen molar-refractivity contribution < 1.29 is 4.79 Å². The van der Waals surface area contributed by atoms with Crippen LogP contribution in [0.15, 0.2) is 28.7 Å². The van der Waals surface area contributed by atoms with Crippen molar-refractivity contribution in [1.29, 1.82) is 0 Å². The highest BCUT2D eigenvalue weighted by molar-refractivity contribution is 9.10. The maximum Gasteiger partial charge on any atom is 0.240 e. The fourth-order valence-electron chi connectivity index (χ4n) is 2.85. The molecule has 1 aromatic carbocycles. The predicted molar refractivity (Wildman–Crippen MR) is 85.7 cm³/mol. The van der Waals surface area contributed by atoms with Crippen molar-refractivity contribution in [2.75, 3.05) is 6.54 Å². The highest BCUT2D eigenvalue weighted by Crippen LogP contribution is 2.23. The van der Waals surface area contributed by atoms with E-state index in [2.05, 4.69) is 52.5 Å². The zero-order valence-corrected chi connectivity index (χ0v) is 13.8. The molecule has 1 fully saturated rings. The minimum atomic E-state index is -0.339. The van der Waals surface area contributed by atoms with Gasteiger partial charge in [-0.3, -0.25) is 4.79 Å². The molecule has 1 aliphatic heterocycles. The zero-order chi connectivity index (χ0) is 14.6. The summed E-state index contributed by atoms with van der Waals surface area (Å²) < 4.78 is 1.08. The third-order valence-corrected chi connectivity index (χ3v) is 4.64. The zero-order valence-electron chi connectivity index (χ0n) is 12.2. The van der Waals surface area contributed by atoms with Crippen molar-refractivity contribution in [3.05, 3.63) is 34.3 Å². The number of hydrogen-bond donors (Lipinski definition) is 2. The summed E-state index contributed by atoms with van der Waals surface area (Å²) in [5.41, 5.74) is 0.902. The minimum Gasteiger partial charge on any atom is -0.352 e. The number of carbonyl (C=O) groups excluding carboxylic acids is 1. The lowest BCUT2D eigenvalue weighted by Gasteiger charge is -2.28. The molecule has 2 N–H and O–H groups in total. The first-order valence-corrected chi connectivity index (χ1v) is 8.15. The van der Waals surface area contributed by atoms with E-state index in [1.165, 1.54) is 5.56 Å². The van der Waals surface area contributed by atoms with E-state index >= 15 is 0 Å². The van der Waals surface area contributed by atoms with Crippen LogP contribution < -0.4 is 10.6 Å². The van der Waals surface area contributed by atoms with Gasteiger partial charge in [0.2, 0.25) is 5.91 Å². The van der Waals surface area contributed by atoms with Gasteiger partial charge in [0.15, 0.2) is 0 Å². The Balaban J connectivity index is 1.92. The monoisotopic (exact) mass is 338 g/mol. The van der Waals surface area contributed by atoms with E-state index in [0.29, 0.717) is 0 Å². The first kappa shape index (κ1) is 15.5. The lowest BCUT2D eigenvalue weighted by molar-refractivity contribution is -0.127. The summed E-state index contributed by atoms with van der Waals surface area (Å²) in [6.45, 7) is 5.10. The quantitative estimate of drug-likeness (QED) is 0.866. The highest BCUT2D eigenvalue weighted by Gasteiger charge is 2.39. The smallest absolute Gasteiger partial charge is 0.240 e. The van der Waals surface area contributed by atoms with Crippen molar-refractivity contribution in [3.8, 4) is 0 Å². The molecule has 1 aromatic rings. The van der Waals surface area contributed by atoms with Gasteiger partial charge < -0.3 is 10.6 Å². The van der Waals surface area contributed by atoms with Gasteiger partial charge in [0.25, 0.3) is 0 Å². The van der Waals surface area contributed by atoms with Gasteiger partial charge in [-0.25, -0.2) is 0 Å². The largest absolute Gasteiger partial charge is 0.352 e. The van der Waals surface area contributed by atoms with E-state index in [9.17, 15) is 4.79 Å². The number of carbonyl (C=O) groups is 1. The van der Waals surface area contributed by atoms with E-state index in [0.717, 1.165) is 36.7 Å². The molecule has 0 aliphatic carbocycles. The van der Waals surface area contributed by atoms with E-state index in [4.69, 9.17) is 0 Å². The number of amides is 1. The van der Waals surface area contributed by atoms with Crippen LogP contribution in [0.1, 0.15) is 38.7 Å². The van der Waals surface area contributed by atoms with Crippen LogP contribution in [-0.4, -0.2) is 24.0 Å². The van der Waals surface area contributed by atoms with Gasteiger partial charge >= 0.3 is 0 Å². The van der Waals surface area contributed by atoms with Crippen molar-refractivity contribution in [3.63, 3.8) is 0 Å². The van der Waals surface area contributed by atoms with Gasteiger partial charge in [0, 0.05) is 10.5 Å². The fraction of sp³-hybridized carbons (Fsp3) is 0.562. The first-order valence-electron chi connectivity index (χ1n) is 7.36. The van der Waals surface area contributed by atoms with Crippen LogP contribution in [0.3, 0.4) is 0 Å². The summed E-state index contributed by atoms with van der Waals surface area (Å²) in [7, 11) is 0. The molecule has 0 spiro atoms. The van der Waals surface area contributed by atoms with E-state index in [1.807, 2.05) is 12.1 Å². The van der Waals surface area contributed by atoms with Crippen LogP contribution in [-0.2, 0) is 11.2 Å². The predicted octanol–water partition coefficient (Wildman–Crippen LogP) is 3.03. The number of benzene rings is 1. The van der Waals surface area contributed by atoms with Crippen molar-refractivity contribution >= 4 is 21.8 Å². The molecule has 1 aliphatic rings. The lowest BCUT2D eigenvalue weighted by atomic mass is 9.92. The number of nitrogens with one attached hydrogen (secondary N) is 2. The Morgan fingerprint density at radius 1 is 1.45 bits per heavy atom. The fourth-order valence-corrected chi connectivity index (χ4v) is 3.11. The van der Waals surface area contributed by atoms with Gasteiger partial charge in [0.05, 0.1) is 5.54 Å². The van der Waals surface area contributed by atoms with Crippen molar-refractivity contribution in [1.82, 2.24) is 10.6 Å².